The number of nitrogens with one attached hydrogen (secondary N) is 2. The third kappa shape index (κ3) is 5.82. The fraction of sp³-hybridized carbons (Fsp3) is 0.533. The molecule has 1 aromatic rings. The van der Waals surface area contributed by atoms with Gasteiger partial charge < -0.3 is 10.6 Å². The standard InChI is InChI=1S/C15H24N2O/c1-3-5-9-15(18)17-14-8-6-7-13(11-14)12-16-10-4-2/h6-8,11,16H,3-5,9-10,12H2,1-2H3,(H,17,18). The molecule has 0 unspecified atom stereocenters. The molecular formula is C15H24N2O. The van der Waals surface area contributed by atoms with E-state index >= 15 is 0 Å². The van der Waals surface area contributed by atoms with Crippen LogP contribution < -0.4 is 10.6 Å². The minimum atomic E-state index is 0.107. The van der Waals surface area contributed by atoms with E-state index in [9.17, 15) is 4.79 Å². The number of hydrogen-bond donors (Lipinski definition) is 2. The normalized spacial score (nSPS) is 10.3. The lowest BCUT2D eigenvalue weighted by Gasteiger charge is -2.08. The van der Waals surface area contributed by atoms with Crippen molar-refractivity contribution in [2.75, 3.05) is 11.9 Å². The first kappa shape index (κ1) is 14.7. The second-order valence-corrected chi connectivity index (χ2v) is 4.53. The lowest BCUT2D eigenvalue weighted by Crippen LogP contribution is -2.14. The van der Waals surface area contributed by atoms with Crippen molar-refractivity contribution in [2.24, 2.45) is 0 Å². The molecule has 100 valence electrons. The number of hydrogen-bond acceptors (Lipinski definition) is 2. The van der Waals surface area contributed by atoms with Gasteiger partial charge in [-0.15, -0.1) is 0 Å². The molecule has 0 saturated carbocycles. The van der Waals surface area contributed by atoms with Crippen molar-refractivity contribution < 1.29 is 4.79 Å². The maximum atomic E-state index is 11.6. The molecule has 2 N–H and O–H groups in total. The van der Waals surface area contributed by atoms with Gasteiger partial charge in [-0.1, -0.05) is 32.4 Å². The molecular weight excluding hydrogens is 224 g/mol. The molecule has 1 rings (SSSR count). The zero-order valence-electron chi connectivity index (χ0n) is 11.5. The molecule has 0 radical (unpaired) electrons. The average Bonchev–Trinajstić information content (AvgIpc) is 2.37. The van der Waals surface area contributed by atoms with E-state index in [1.165, 1.54) is 5.56 Å². The molecule has 0 heterocycles. The van der Waals surface area contributed by atoms with Crippen LogP contribution in [0.5, 0.6) is 0 Å². The topological polar surface area (TPSA) is 41.1 Å². The Bertz CT molecular complexity index is 363. The van der Waals surface area contributed by atoms with Gasteiger partial charge in [0.05, 0.1) is 0 Å². The van der Waals surface area contributed by atoms with E-state index in [0.717, 1.165) is 38.0 Å². The van der Waals surface area contributed by atoms with Crippen molar-refractivity contribution in [1.82, 2.24) is 5.32 Å². The third-order valence-electron chi connectivity index (χ3n) is 2.72. The lowest BCUT2D eigenvalue weighted by molar-refractivity contribution is -0.116. The van der Waals surface area contributed by atoms with E-state index in [0.29, 0.717) is 6.42 Å². The highest BCUT2D eigenvalue weighted by molar-refractivity contribution is 5.90. The summed E-state index contributed by atoms with van der Waals surface area (Å²) in [6.07, 6.45) is 3.74. The van der Waals surface area contributed by atoms with Crippen molar-refractivity contribution in [3.05, 3.63) is 29.8 Å². The summed E-state index contributed by atoms with van der Waals surface area (Å²) in [6.45, 7) is 6.12. The highest BCUT2D eigenvalue weighted by Gasteiger charge is 2.02. The quantitative estimate of drug-likeness (QED) is 0.693. The van der Waals surface area contributed by atoms with Crippen LogP contribution in [0.15, 0.2) is 24.3 Å². The average molecular weight is 248 g/mol. The maximum absolute atomic E-state index is 11.6. The smallest absolute Gasteiger partial charge is 0.224 e. The molecule has 0 bridgehead atoms. The summed E-state index contributed by atoms with van der Waals surface area (Å²) in [5.74, 6) is 0.107. The van der Waals surface area contributed by atoms with Crippen LogP contribution in [0.3, 0.4) is 0 Å². The zero-order valence-corrected chi connectivity index (χ0v) is 11.5. The van der Waals surface area contributed by atoms with Crippen molar-refractivity contribution in [3.63, 3.8) is 0 Å². The van der Waals surface area contributed by atoms with Crippen LogP contribution in [0.1, 0.15) is 45.1 Å². The number of amides is 1. The maximum Gasteiger partial charge on any atom is 0.224 e. The number of benzene rings is 1. The third-order valence-corrected chi connectivity index (χ3v) is 2.72. The Kier molecular flexibility index (Phi) is 7.11. The van der Waals surface area contributed by atoms with Gasteiger partial charge in [-0.3, -0.25) is 4.79 Å². The Hall–Kier alpha value is -1.35. The van der Waals surface area contributed by atoms with Crippen LogP contribution in [0.25, 0.3) is 0 Å². The molecule has 0 atom stereocenters. The van der Waals surface area contributed by atoms with Crippen molar-refractivity contribution in [2.45, 2.75) is 46.1 Å². The predicted octanol–water partition coefficient (Wildman–Crippen LogP) is 3.31. The first-order chi connectivity index (χ1) is 8.76. The van der Waals surface area contributed by atoms with Gasteiger partial charge in [0.2, 0.25) is 5.91 Å². The minimum Gasteiger partial charge on any atom is -0.326 e. The van der Waals surface area contributed by atoms with Crippen molar-refractivity contribution >= 4 is 11.6 Å². The fourth-order valence-corrected chi connectivity index (χ4v) is 1.73. The van der Waals surface area contributed by atoms with Crippen LogP contribution in [0.2, 0.25) is 0 Å². The summed E-state index contributed by atoms with van der Waals surface area (Å²) in [5, 5.41) is 6.29. The second-order valence-electron chi connectivity index (χ2n) is 4.53. The molecule has 1 aromatic carbocycles. The van der Waals surface area contributed by atoms with Crippen LogP contribution in [-0.2, 0) is 11.3 Å². The minimum absolute atomic E-state index is 0.107. The SMILES string of the molecule is CCCCC(=O)Nc1cccc(CNCCC)c1. The van der Waals surface area contributed by atoms with E-state index in [-0.39, 0.29) is 5.91 Å². The van der Waals surface area contributed by atoms with E-state index < -0.39 is 0 Å². The summed E-state index contributed by atoms with van der Waals surface area (Å²) in [6, 6.07) is 8.03. The van der Waals surface area contributed by atoms with E-state index in [1.807, 2.05) is 18.2 Å². The number of unbranched alkanes of at least 4 members (excludes halogenated alkanes) is 1. The molecule has 0 fully saturated rings. The summed E-state index contributed by atoms with van der Waals surface area (Å²) in [4.78, 5) is 11.6. The largest absolute Gasteiger partial charge is 0.326 e. The first-order valence-electron chi connectivity index (χ1n) is 6.85. The van der Waals surface area contributed by atoms with Crippen LogP contribution >= 0.6 is 0 Å². The molecule has 0 aliphatic heterocycles. The monoisotopic (exact) mass is 248 g/mol. The first-order valence-corrected chi connectivity index (χ1v) is 6.85. The molecule has 0 saturated heterocycles. The zero-order chi connectivity index (χ0) is 13.2. The second kappa shape index (κ2) is 8.70. The lowest BCUT2D eigenvalue weighted by atomic mass is 10.2. The van der Waals surface area contributed by atoms with Gasteiger partial charge in [0.25, 0.3) is 0 Å². The van der Waals surface area contributed by atoms with E-state index in [2.05, 4.69) is 30.5 Å². The number of rotatable bonds is 8. The summed E-state index contributed by atoms with van der Waals surface area (Å²) in [7, 11) is 0. The number of carbonyl (C=O) groups excluding carboxylic acids is 1. The molecule has 3 nitrogen and oxygen atoms in total. The Balaban J connectivity index is 2.45. The molecule has 1 amide bonds. The molecule has 3 heteroatoms. The molecule has 0 aliphatic rings. The van der Waals surface area contributed by atoms with Crippen LogP contribution in [-0.4, -0.2) is 12.5 Å². The summed E-state index contributed by atoms with van der Waals surface area (Å²) in [5.41, 5.74) is 2.10. The summed E-state index contributed by atoms with van der Waals surface area (Å²) < 4.78 is 0. The van der Waals surface area contributed by atoms with Crippen molar-refractivity contribution in [3.8, 4) is 0 Å². The number of anilines is 1. The molecule has 18 heavy (non-hydrogen) atoms. The van der Waals surface area contributed by atoms with Gasteiger partial charge in [0, 0.05) is 18.7 Å². The van der Waals surface area contributed by atoms with Crippen LogP contribution in [0, 0.1) is 0 Å². The van der Waals surface area contributed by atoms with E-state index in [1.54, 1.807) is 0 Å². The van der Waals surface area contributed by atoms with Gasteiger partial charge >= 0.3 is 0 Å². The Morgan fingerprint density at radius 2 is 2.06 bits per heavy atom. The van der Waals surface area contributed by atoms with E-state index in [4.69, 9.17) is 0 Å². The Morgan fingerprint density at radius 3 is 2.78 bits per heavy atom. The van der Waals surface area contributed by atoms with Crippen LogP contribution in [0.4, 0.5) is 5.69 Å². The highest BCUT2D eigenvalue weighted by atomic mass is 16.1. The fourth-order valence-electron chi connectivity index (χ4n) is 1.73. The van der Waals surface area contributed by atoms with Crippen molar-refractivity contribution in [1.29, 1.82) is 0 Å². The number of carbonyl (C=O) groups is 1. The van der Waals surface area contributed by atoms with Gasteiger partial charge in [-0.2, -0.15) is 0 Å². The molecule has 0 aromatic heterocycles. The van der Waals surface area contributed by atoms with Gasteiger partial charge in [-0.25, -0.2) is 0 Å². The predicted molar refractivity (Wildman–Crippen MR) is 76.6 cm³/mol. The Morgan fingerprint density at radius 1 is 1.22 bits per heavy atom. The van der Waals surface area contributed by atoms with Gasteiger partial charge in [0.1, 0.15) is 0 Å². The molecule has 0 aliphatic carbocycles. The van der Waals surface area contributed by atoms with Gasteiger partial charge in [-0.05, 0) is 37.1 Å². The highest BCUT2D eigenvalue weighted by Crippen LogP contribution is 2.11. The Labute approximate surface area is 110 Å². The molecule has 0 spiro atoms. The summed E-state index contributed by atoms with van der Waals surface area (Å²) >= 11 is 0. The van der Waals surface area contributed by atoms with Gasteiger partial charge in [0.15, 0.2) is 0 Å².